The van der Waals surface area contributed by atoms with E-state index in [0.29, 0.717) is 6.54 Å². The van der Waals surface area contributed by atoms with Crippen LogP contribution in [-0.4, -0.2) is 28.5 Å². The molecule has 1 atom stereocenters. The van der Waals surface area contributed by atoms with E-state index in [1.54, 1.807) is 6.20 Å². The van der Waals surface area contributed by atoms with E-state index in [1.165, 1.54) is 6.92 Å². The molecule has 1 N–H and O–H groups in total. The van der Waals surface area contributed by atoms with Crippen LogP contribution in [0.4, 0.5) is 0 Å². The number of nitrogens with zero attached hydrogens (tertiary/aromatic N) is 2. The van der Waals surface area contributed by atoms with E-state index in [1.807, 2.05) is 26.0 Å². The smallest absolute Gasteiger partial charge is 0.217 e. The molecule has 2 aromatic rings. The SMILES string of the molecule is CC(=O)NC[C@@H]1Cc2cc(-c3nc(C)cnc3C)ccc2O1. The molecule has 0 bridgehead atoms. The Morgan fingerprint density at radius 1 is 1.41 bits per heavy atom. The maximum absolute atomic E-state index is 11.0. The first-order chi connectivity index (χ1) is 10.5. The third kappa shape index (κ3) is 2.93. The lowest BCUT2D eigenvalue weighted by molar-refractivity contribution is -0.119. The van der Waals surface area contributed by atoms with Gasteiger partial charge in [-0.1, -0.05) is 0 Å². The van der Waals surface area contributed by atoms with Gasteiger partial charge in [0.1, 0.15) is 11.9 Å². The molecule has 0 fully saturated rings. The second kappa shape index (κ2) is 5.75. The third-order valence-corrected chi connectivity index (χ3v) is 3.73. The molecule has 3 rings (SSSR count). The second-order valence-electron chi connectivity index (χ2n) is 5.65. The van der Waals surface area contributed by atoms with Gasteiger partial charge in [-0.3, -0.25) is 9.78 Å². The molecule has 0 aliphatic carbocycles. The predicted molar refractivity (Wildman–Crippen MR) is 83.7 cm³/mol. The average molecular weight is 297 g/mol. The summed E-state index contributed by atoms with van der Waals surface area (Å²) in [6.07, 6.45) is 2.57. The fourth-order valence-corrected chi connectivity index (χ4v) is 2.65. The zero-order chi connectivity index (χ0) is 15.7. The summed E-state index contributed by atoms with van der Waals surface area (Å²) in [5, 5.41) is 2.80. The van der Waals surface area contributed by atoms with Crippen molar-refractivity contribution in [3.05, 3.63) is 41.3 Å². The molecule has 1 aromatic heterocycles. The summed E-state index contributed by atoms with van der Waals surface area (Å²) in [6.45, 7) is 5.95. The highest BCUT2D eigenvalue weighted by Crippen LogP contribution is 2.33. The molecule has 1 aromatic carbocycles. The Hall–Kier alpha value is -2.43. The molecule has 22 heavy (non-hydrogen) atoms. The fourth-order valence-electron chi connectivity index (χ4n) is 2.65. The van der Waals surface area contributed by atoms with E-state index in [-0.39, 0.29) is 12.0 Å². The Balaban J connectivity index is 1.83. The topological polar surface area (TPSA) is 64.1 Å². The van der Waals surface area contributed by atoms with Gasteiger partial charge in [0, 0.05) is 25.1 Å². The van der Waals surface area contributed by atoms with Crippen LogP contribution in [0.25, 0.3) is 11.3 Å². The lowest BCUT2D eigenvalue weighted by Crippen LogP contribution is -2.32. The quantitative estimate of drug-likeness (QED) is 0.943. The number of hydrogen-bond acceptors (Lipinski definition) is 4. The lowest BCUT2D eigenvalue weighted by atomic mass is 10.0. The highest BCUT2D eigenvalue weighted by Gasteiger charge is 2.23. The van der Waals surface area contributed by atoms with Crippen molar-refractivity contribution in [3.63, 3.8) is 0 Å². The number of fused-ring (bicyclic) bond motifs is 1. The Kier molecular flexibility index (Phi) is 3.79. The molecule has 0 radical (unpaired) electrons. The standard InChI is InChI=1S/C17H19N3O2/c1-10-8-18-11(2)17(20-10)13-4-5-16-14(6-13)7-15(22-16)9-19-12(3)21/h4-6,8,15H,7,9H2,1-3H3,(H,19,21)/t15-/m0/s1. The number of carbonyl (C=O) groups is 1. The van der Waals surface area contributed by atoms with Crippen molar-refractivity contribution in [1.29, 1.82) is 0 Å². The van der Waals surface area contributed by atoms with Crippen LogP contribution in [0.15, 0.2) is 24.4 Å². The number of hydrogen-bond donors (Lipinski definition) is 1. The molecular weight excluding hydrogens is 278 g/mol. The van der Waals surface area contributed by atoms with Crippen molar-refractivity contribution in [2.75, 3.05) is 6.54 Å². The normalized spacial score (nSPS) is 16.0. The summed E-state index contributed by atoms with van der Waals surface area (Å²) in [4.78, 5) is 20.0. The molecule has 1 aliphatic rings. The average Bonchev–Trinajstić information content (AvgIpc) is 2.89. The van der Waals surface area contributed by atoms with Crippen LogP contribution < -0.4 is 10.1 Å². The van der Waals surface area contributed by atoms with Crippen LogP contribution in [-0.2, 0) is 11.2 Å². The van der Waals surface area contributed by atoms with Crippen molar-refractivity contribution in [3.8, 4) is 17.0 Å². The maximum atomic E-state index is 11.0. The number of nitrogens with one attached hydrogen (secondary N) is 1. The van der Waals surface area contributed by atoms with Crippen LogP contribution in [0.3, 0.4) is 0 Å². The van der Waals surface area contributed by atoms with Gasteiger partial charge in [0.15, 0.2) is 0 Å². The zero-order valence-electron chi connectivity index (χ0n) is 13.0. The molecule has 0 unspecified atom stereocenters. The lowest BCUT2D eigenvalue weighted by Gasteiger charge is -2.10. The molecule has 114 valence electrons. The summed E-state index contributed by atoms with van der Waals surface area (Å²) >= 11 is 0. The van der Waals surface area contributed by atoms with Crippen LogP contribution in [0.2, 0.25) is 0 Å². The van der Waals surface area contributed by atoms with Gasteiger partial charge in [-0.05, 0) is 37.6 Å². The zero-order valence-corrected chi connectivity index (χ0v) is 13.0. The first-order valence-electron chi connectivity index (χ1n) is 7.37. The van der Waals surface area contributed by atoms with Crippen molar-refractivity contribution >= 4 is 5.91 Å². The Morgan fingerprint density at radius 3 is 3.00 bits per heavy atom. The first kappa shape index (κ1) is 14.5. The predicted octanol–water partition coefficient (Wildman–Crippen LogP) is 2.20. The Morgan fingerprint density at radius 2 is 2.23 bits per heavy atom. The fraction of sp³-hybridized carbons (Fsp3) is 0.353. The van der Waals surface area contributed by atoms with E-state index in [4.69, 9.17) is 4.74 Å². The minimum Gasteiger partial charge on any atom is -0.488 e. The molecular formula is C17H19N3O2. The number of carbonyl (C=O) groups excluding carboxylic acids is 1. The Labute approximate surface area is 129 Å². The summed E-state index contributed by atoms with van der Waals surface area (Å²) in [7, 11) is 0. The van der Waals surface area contributed by atoms with Crippen molar-refractivity contribution in [1.82, 2.24) is 15.3 Å². The van der Waals surface area contributed by atoms with Gasteiger partial charge in [-0.15, -0.1) is 0 Å². The largest absolute Gasteiger partial charge is 0.488 e. The summed E-state index contributed by atoms with van der Waals surface area (Å²) in [6, 6.07) is 6.09. The molecule has 0 spiro atoms. The first-order valence-corrected chi connectivity index (χ1v) is 7.37. The van der Waals surface area contributed by atoms with Gasteiger partial charge in [0.2, 0.25) is 5.91 Å². The van der Waals surface area contributed by atoms with Gasteiger partial charge in [-0.2, -0.15) is 0 Å². The van der Waals surface area contributed by atoms with Crippen molar-refractivity contribution in [2.24, 2.45) is 0 Å². The highest BCUT2D eigenvalue weighted by atomic mass is 16.5. The van der Waals surface area contributed by atoms with Crippen LogP contribution in [0, 0.1) is 13.8 Å². The number of rotatable bonds is 3. The van der Waals surface area contributed by atoms with Crippen LogP contribution >= 0.6 is 0 Å². The maximum Gasteiger partial charge on any atom is 0.217 e. The van der Waals surface area contributed by atoms with Crippen molar-refractivity contribution < 1.29 is 9.53 Å². The van der Waals surface area contributed by atoms with E-state index in [2.05, 4.69) is 21.4 Å². The second-order valence-corrected chi connectivity index (χ2v) is 5.65. The molecule has 5 nitrogen and oxygen atoms in total. The molecule has 0 saturated carbocycles. The minimum atomic E-state index is -0.0362. The monoisotopic (exact) mass is 297 g/mol. The number of benzene rings is 1. The van der Waals surface area contributed by atoms with E-state index in [9.17, 15) is 4.79 Å². The number of amides is 1. The molecule has 0 saturated heterocycles. The van der Waals surface area contributed by atoms with Gasteiger partial charge >= 0.3 is 0 Å². The summed E-state index contributed by atoms with van der Waals surface area (Å²) < 4.78 is 5.85. The number of ether oxygens (including phenoxy) is 1. The Bertz CT molecular complexity index is 728. The van der Waals surface area contributed by atoms with Crippen LogP contribution in [0.1, 0.15) is 23.9 Å². The van der Waals surface area contributed by atoms with Crippen LogP contribution in [0.5, 0.6) is 5.75 Å². The van der Waals surface area contributed by atoms with E-state index < -0.39 is 0 Å². The highest BCUT2D eigenvalue weighted by molar-refractivity contribution is 5.72. The summed E-state index contributed by atoms with van der Waals surface area (Å²) in [5.41, 5.74) is 4.93. The van der Waals surface area contributed by atoms with Gasteiger partial charge in [-0.25, -0.2) is 4.98 Å². The number of aryl methyl sites for hydroxylation is 2. The third-order valence-electron chi connectivity index (χ3n) is 3.73. The molecule has 1 aliphatic heterocycles. The van der Waals surface area contributed by atoms with Gasteiger partial charge in [0.05, 0.1) is 23.6 Å². The van der Waals surface area contributed by atoms with Crippen molar-refractivity contribution in [2.45, 2.75) is 33.3 Å². The molecule has 1 amide bonds. The number of aromatic nitrogens is 2. The van der Waals surface area contributed by atoms with E-state index >= 15 is 0 Å². The summed E-state index contributed by atoms with van der Waals surface area (Å²) in [5.74, 6) is 0.850. The van der Waals surface area contributed by atoms with Gasteiger partial charge < -0.3 is 10.1 Å². The molecule has 5 heteroatoms. The van der Waals surface area contributed by atoms with Gasteiger partial charge in [0.25, 0.3) is 0 Å². The molecule has 2 heterocycles. The van der Waals surface area contributed by atoms with E-state index in [0.717, 1.165) is 40.4 Å². The minimum absolute atomic E-state index is 0.00107.